The molecule has 4 nitrogen and oxygen atoms in total. The van der Waals surface area contributed by atoms with Gasteiger partial charge in [0.1, 0.15) is 5.82 Å². The van der Waals surface area contributed by atoms with E-state index < -0.39 is 0 Å². The van der Waals surface area contributed by atoms with Crippen molar-refractivity contribution in [3.8, 4) is 0 Å². The van der Waals surface area contributed by atoms with Gasteiger partial charge in [0.25, 0.3) is 5.91 Å². The summed E-state index contributed by atoms with van der Waals surface area (Å²) >= 11 is 1.92. The molecule has 1 aromatic rings. The summed E-state index contributed by atoms with van der Waals surface area (Å²) in [5.41, 5.74) is 0.432. The van der Waals surface area contributed by atoms with E-state index in [1.54, 1.807) is 7.11 Å². The van der Waals surface area contributed by atoms with Gasteiger partial charge in [0.05, 0.1) is 18.8 Å². The van der Waals surface area contributed by atoms with Gasteiger partial charge in [-0.2, -0.15) is 0 Å². The molecule has 0 bridgehead atoms. The number of aliphatic hydroxyl groups excluding tert-OH is 1. The number of nitrogens with zero attached hydrogens (tertiary/aromatic N) is 1. The Bertz CT molecular complexity index is 414. The second-order valence-corrected chi connectivity index (χ2v) is 4.79. The highest BCUT2D eigenvalue weighted by molar-refractivity contribution is 14.1. The molecule has 0 saturated carbocycles. The number of ether oxygens (including phenoxy) is 1. The van der Waals surface area contributed by atoms with E-state index in [1.165, 1.54) is 23.1 Å². The Morgan fingerprint density at radius 2 is 2.22 bits per heavy atom. The van der Waals surface area contributed by atoms with Crippen molar-refractivity contribution in [2.24, 2.45) is 0 Å². The molecule has 1 aromatic carbocycles. The molecule has 18 heavy (non-hydrogen) atoms. The highest BCUT2D eigenvalue weighted by Crippen LogP contribution is 2.16. The van der Waals surface area contributed by atoms with Crippen LogP contribution in [0.2, 0.25) is 0 Å². The number of halogens is 2. The lowest BCUT2D eigenvalue weighted by Crippen LogP contribution is -2.36. The number of amides is 1. The molecule has 0 unspecified atom stereocenters. The number of hydrogen-bond acceptors (Lipinski definition) is 3. The van der Waals surface area contributed by atoms with Crippen molar-refractivity contribution in [2.75, 3.05) is 33.4 Å². The number of aliphatic hydroxyl groups is 1. The van der Waals surface area contributed by atoms with Gasteiger partial charge in [0.2, 0.25) is 0 Å². The van der Waals surface area contributed by atoms with Crippen LogP contribution in [0.1, 0.15) is 10.4 Å². The van der Waals surface area contributed by atoms with Gasteiger partial charge in [-0.05, 0) is 40.8 Å². The lowest BCUT2D eigenvalue weighted by molar-refractivity contribution is 0.0655. The second kappa shape index (κ2) is 7.65. The van der Waals surface area contributed by atoms with Gasteiger partial charge in [0, 0.05) is 23.8 Å². The van der Waals surface area contributed by atoms with Crippen molar-refractivity contribution >= 4 is 28.5 Å². The Hall–Kier alpha value is -0.730. The van der Waals surface area contributed by atoms with Crippen molar-refractivity contribution in [3.05, 3.63) is 33.1 Å². The molecule has 0 fully saturated rings. The van der Waals surface area contributed by atoms with Gasteiger partial charge in [-0.1, -0.05) is 0 Å². The zero-order chi connectivity index (χ0) is 13.5. The second-order valence-electron chi connectivity index (χ2n) is 3.63. The summed E-state index contributed by atoms with van der Waals surface area (Å²) in [4.78, 5) is 13.7. The van der Waals surface area contributed by atoms with E-state index in [9.17, 15) is 9.18 Å². The topological polar surface area (TPSA) is 49.8 Å². The molecule has 0 aromatic heterocycles. The van der Waals surface area contributed by atoms with E-state index in [0.717, 1.165) is 0 Å². The van der Waals surface area contributed by atoms with E-state index in [0.29, 0.717) is 22.3 Å². The summed E-state index contributed by atoms with van der Waals surface area (Å²) in [6, 6.07) is 4.01. The van der Waals surface area contributed by atoms with Crippen molar-refractivity contribution in [1.29, 1.82) is 0 Å². The summed E-state index contributed by atoms with van der Waals surface area (Å²) in [6.07, 6.45) is 0. The first-order chi connectivity index (χ1) is 8.60. The Kier molecular flexibility index (Phi) is 6.51. The molecule has 0 radical (unpaired) electrons. The molecule has 1 amide bonds. The van der Waals surface area contributed by atoms with Crippen LogP contribution < -0.4 is 0 Å². The van der Waals surface area contributed by atoms with Crippen molar-refractivity contribution in [1.82, 2.24) is 4.90 Å². The van der Waals surface area contributed by atoms with Gasteiger partial charge in [-0.3, -0.25) is 4.79 Å². The summed E-state index contributed by atoms with van der Waals surface area (Å²) in [5.74, 6) is -0.605. The highest BCUT2D eigenvalue weighted by Gasteiger charge is 2.17. The molecule has 100 valence electrons. The standard InChI is InChI=1S/C12H15FINO3/c1-18-7-5-15(4-6-16)12(17)10-3-2-9(13)8-11(10)14/h2-3,8,16H,4-7H2,1H3. The average molecular weight is 367 g/mol. The Morgan fingerprint density at radius 1 is 1.50 bits per heavy atom. The van der Waals surface area contributed by atoms with Crippen LogP contribution in [-0.2, 0) is 4.74 Å². The third-order valence-corrected chi connectivity index (χ3v) is 3.28. The number of carbonyl (C=O) groups excluding carboxylic acids is 1. The zero-order valence-electron chi connectivity index (χ0n) is 10.0. The van der Waals surface area contributed by atoms with Gasteiger partial charge in [-0.25, -0.2) is 4.39 Å². The largest absolute Gasteiger partial charge is 0.395 e. The van der Waals surface area contributed by atoms with Gasteiger partial charge >= 0.3 is 0 Å². The fourth-order valence-electron chi connectivity index (χ4n) is 1.47. The Morgan fingerprint density at radius 3 is 2.78 bits per heavy atom. The van der Waals surface area contributed by atoms with E-state index in [1.807, 2.05) is 22.6 Å². The monoisotopic (exact) mass is 367 g/mol. The van der Waals surface area contributed by atoms with Crippen LogP contribution in [0.25, 0.3) is 0 Å². The molecule has 0 saturated heterocycles. The highest BCUT2D eigenvalue weighted by atomic mass is 127. The van der Waals surface area contributed by atoms with Crippen LogP contribution in [0.4, 0.5) is 4.39 Å². The van der Waals surface area contributed by atoms with Gasteiger partial charge < -0.3 is 14.7 Å². The summed E-state index contributed by atoms with van der Waals surface area (Å²) in [7, 11) is 1.54. The zero-order valence-corrected chi connectivity index (χ0v) is 12.2. The maximum Gasteiger partial charge on any atom is 0.255 e. The molecular weight excluding hydrogens is 352 g/mol. The molecule has 0 aliphatic carbocycles. The summed E-state index contributed by atoms with van der Waals surface area (Å²) in [5, 5.41) is 8.95. The minimum absolute atomic E-state index is 0.118. The van der Waals surface area contributed by atoms with Gasteiger partial charge in [0.15, 0.2) is 0 Å². The van der Waals surface area contributed by atoms with Crippen LogP contribution >= 0.6 is 22.6 Å². The molecule has 1 N–H and O–H groups in total. The third-order valence-electron chi connectivity index (χ3n) is 2.38. The van der Waals surface area contributed by atoms with Crippen molar-refractivity contribution in [2.45, 2.75) is 0 Å². The predicted molar refractivity (Wildman–Crippen MR) is 74.0 cm³/mol. The van der Waals surface area contributed by atoms with Crippen molar-refractivity contribution < 1.29 is 19.0 Å². The summed E-state index contributed by atoms with van der Waals surface area (Å²) < 4.78 is 18.4. The van der Waals surface area contributed by atoms with Crippen LogP contribution in [0.15, 0.2) is 18.2 Å². The van der Waals surface area contributed by atoms with Crippen LogP contribution in [0.5, 0.6) is 0 Å². The van der Waals surface area contributed by atoms with E-state index in [4.69, 9.17) is 9.84 Å². The third kappa shape index (κ3) is 4.18. The lowest BCUT2D eigenvalue weighted by atomic mass is 10.2. The van der Waals surface area contributed by atoms with Crippen molar-refractivity contribution in [3.63, 3.8) is 0 Å². The predicted octanol–water partition coefficient (Wildman–Crippen LogP) is 1.51. The molecule has 6 heteroatoms. The Labute approximate surface area is 119 Å². The first-order valence-electron chi connectivity index (χ1n) is 5.44. The fraction of sp³-hybridized carbons (Fsp3) is 0.417. The SMILES string of the molecule is COCCN(CCO)C(=O)c1ccc(F)cc1I. The fourth-order valence-corrected chi connectivity index (χ4v) is 2.18. The number of hydrogen-bond donors (Lipinski definition) is 1. The first kappa shape index (κ1) is 15.3. The maximum absolute atomic E-state index is 13.0. The number of methoxy groups -OCH3 is 1. The minimum Gasteiger partial charge on any atom is -0.395 e. The molecule has 0 spiro atoms. The molecule has 0 heterocycles. The molecule has 1 rings (SSSR count). The average Bonchev–Trinajstić information content (AvgIpc) is 2.33. The maximum atomic E-state index is 13.0. The van der Waals surface area contributed by atoms with Crippen LogP contribution in [-0.4, -0.2) is 49.3 Å². The quantitative estimate of drug-likeness (QED) is 0.776. The smallest absolute Gasteiger partial charge is 0.255 e. The van der Waals surface area contributed by atoms with E-state index in [-0.39, 0.29) is 24.9 Å². The summed E-state index contributed by atoms with van der Waals surface area (Å²) in [6.45, 7) is 0.899. The lowest BCUT2D eigenvalue weighted by Gasteiger charge is -2.22. The number of benzene rings is 1. The van der Waals surface area contributed by atoms with Crippen LogP contribution in [0, 0.1) is 9.39 Å². The number of carbonyl (C=O) groups is 1. The normalized spacial score (nSPS) is 10.4. The first-order valence-corrected chi connectivity index (χ1v) is 6.52. The molecule has 0 aliphatic heterocycles. The molecule has 0 aliphatic rings. The van der Waals surface area contributed by atoms with Crippen LogP contribution in [0.3, 0.4) is 0 Å². The molecule has 0 atom stereocenters. The van der Waals surface area contributed by atoms with Gasteiger partial charge in [-0.15, -0.1) is 0 Å². The number of rotatable bonds is 6. The molecular formula is C12H15FINO3. The Balaban J connectivity index is 2.87. The van der Waals surface area contributed by atoms with E-state index in [2.05, 4.69) is 0 Å². The minimum atomic E-state index is -0.374. The van der Waals surface area contributed by atoms with E-state index >= 15 is 0 Å².